The van der Waals surface area contributed by atoms with Crippen LogP contribution in [0.4, 0.5) is 11.4 Å². The van der Waals surface area contributed by atoms with Crippen LogP contribution in [0.25, 0.3) is 0 Å². The summed E-state index contributed by atoms with van der Waals surface area (Å²) in [5, 5.41) is 12.5. The van der Waals surface area contributed by atoms with Crippen LogP contribution in [-0.2, 0) is 9.59 Å². The van der Waals surface area contributed by atoms with E-state index in [0.29, 0.717) is 27.0 Å². The molecule has 0 radical (unpaired) electrons. The SMILES string of the molecule is N#Cc1cccc(NC(=O)C2CC(=O)N(c3cc(Cl)cc(Cl)c3)C2)c1. The lowest BCUT2D eigenvalue weighted by Crippen LogP contribution is -2.28. The molecule has 1 saturated heterocycles. The Morgan fingerprint density at radius 1 is 1.20 bits per heavy atom. The summed E-state index contributed by atoms with van der Waals surface area (Å²) < 4.78 is 0. The molecule has 7 heteroatoms. The van der Waals surface area contributed by atoms with Crippen molar-refractivity contribution in [3.63, 3.8) is 0 Å². The lowest BCUT2D eigenvalue weighted by molar-refractivity contribution is -0.122. The van der Waals surface area contributed by atoms with Crippen LogP contribution in [-0.4, -0.2) is 18.4 Å². The zero-order valence-corrected chi connectivity index (χ0v) is 14.5. The van der Waals surface area contributed by atoms with Crippen molar-refractivity contribution in [2.24, 2.45) is 5.92 Å². The second kappa shape index (κ2) is 7.14. The highest BCUT2D eigenvalue weighted by atomic mass is 35.5. The number of amides is 2. The first-order chi connectivity index (χ1) is 12.0. The van der Waals surface area contributed by atoms with Crippen LogP contribution < -0.4 is 10.2 Å². The molecule has 126 valence electrons. The van der Waals surface area contributed by atoms with Gasteiger partial charge in [0.15, 0.2) is 0 Å². The molecule has 1 atom stereocenters. The third-order valence-electron chi connectivity index (χ3n) is 3.91. The predicted octanol–water partition coefficient (Wildman–Crippen LogP) is 3.86. The van der Waals surface area contributed by atoms with Crippen molar-refractivity contribution in [1.29, 1.82) is 5.26 Å². The van der Waals surface area contributed by atoms with Crippen LogP contribution in [0.5, 0.6) is 0 Å². The summed E-state index contributed by atoms with van der Waals surface area (Å²) in [6, 6.07) is 13.5. The summed E-state index contributed by atoms with van der Waals surface area (Å²) in [7, 11) is 0. The summed E-state index contributed by atoms with van der Waals surface area (Å²) in [6.07, 6.45) is 0.105. The minimum atomic E-state index is -0.490. The number of nitriles is 1. The number of rotatable bonds is 3. The van der Waals surface area contributed by atoms with Crippen molar-refractivity contribution in [2.45, 2.75) is 6.42 Å². The Morgan fingerprint density at radius 3 is 2.60 bits per heavy atom. The highest BCUT2D eigenvalue weighted by molar-refractivity contribution is 6.35. The maximum atomic E-state index is 12.4. The van der Waals surface area contributed by atoms with Gasteiger partial charge in [0, 0.05) is 34.4 Å². The van der Waals surface area contributed by atoms with E-state index in [9.17, 15) is 9.59 Å². The first-order valence-corrected chi connectivity index (χ1v) is 8.29. The Hall–Kier alpha value is -2.55. The number of nitrogens with one attached hydrogen (secondary N) is 1. The Balaban J connectivity index is 1.73. The van der Waals surface area contributed by atoms with E-state index in [-0.39, 0.29) is 24.8 Å². The van der Waals surface area contributed by atoms with E-state index >= 15 is 0 Å². The zero-order valence-electron chi connectivity index (χ0n) is 13.0. The fourth-order valence-corrected chi connectivity index (χ4v) is 3.25. The topological polar surface area (TPSA) is 73.2 Å². The molecule has 0 spiro atoms. The summed E-state index contributed by atoms with van der Waals surface area (Å²) in [4.78, 5) is 26.2. The van der Waals surface area contributed by atoms with E-state index in [1.165, 1.54) is 4.90 Å². The summed E-state index contributed by atoms with van der Waals surface area (Å²) in [5.41, 5.74) is 1.56. The maximum absolute atomic E-state index is 12.4. The predicted molar refractivity (Wildman–Crippen MR) is 96.7 cm³/mol. The molecule has 0 bridgehead atoms. The molecule has 0 saturated carbocycles. The monoisotopic (exact) mass is 373 g/mol. The van der Waals surface area contributed by atoms with Crippen LogP contribution in [0.2, 0.25) is 10.0 Å². The second-order valence-electron chi connectivity index (χ2n) is 5.71. The van der Waals surface area contributed by atoms with Crippen LogP contribution in [0.15, 0.2) is 42.5 Å². The molecule has 1 fully saturated rings. The minimum Gasteiger partial charge on any atom is -0.326 e. The van der Waals surface area contributed by atoms with E-state index in [1.807, 2.05) is 6.07 Å². The average Bonchev–Trinajstić information content (AvgIpc) is 2.96. The van der Waals surface area contributed by atoms with Crippen molar-refractivity contribution in [1.82, 2.24) is 0 Å². The Morgan fingerprint density at radius 2 is 1.92 bits per heavy atom. The third kappa shape index (κ3) is 3.93. The van der Waals surface area contributed by atoms with Gasteiger partial charge in [0.1, 0.15) is 0 Å². The van der Waals surface area contributed by atoms with Gasteiger partial charge in [-0.3, -0.25) is 9.59 Å². The van der Waals surface area contributed by atoms with Crippen molar-refractivity contribution < 1.29 is 9.59 Å². The molecule has 2 aromatic carbocycles. The molecule has 5 nitrogen and oxygen atoms in total. The molecule has 2 amide bonds. The Labute approximate surface area is 154 Å². The molecule has 0 aliphatic carbocycles. The number of carbonyl (C=O) groups excluding carboxylic acids is 2. The van der Waals surface area contributed by atoms with Crippen molar-refractivity contribution >= 4 is 46.4 Å². The van der Waals surface area contributed by atoms with E-state index in [1.54, 1.807) is 42.5 Å². The minimum absolute atomic E-state index is 0.105. The molecule has 1 N–H and O–H groups in total. The molecular formula is C18H13Cl2N3O2. The zero-order chi connectivity index (χ0) is 18.0. The molecule has 2 aromatic rings. The van der Waals surface area contributed by atoms with Crippen LogP contribution >= 0.6 is 23.2 Å². The molecule has 3 rings (SSSR count). The van der Waals surface area contributed by atoms with Gasteiger partial charge in [-0.15, -0.1) is 0 Å². The number of halogens is 2. The number of nitrogens with zero attached hydrogens (tertiary/aromatic N) is 2. The van der Waals surface area contributed by atoms with E-state index in [2.05, 4.69) is 5.32 Å². The molecule has 1 aliphatic heterocycles. The molecule has 0 aromatic heterocycles. The van der Waals surface area contributed by atoms with Crippen molar-refractivity contribution in [2.75, 3.05) is 16.8 Å². The fraction of sp³-hybridized carbons (Fsp3) is 0.167. The standard InChI is InChI=1S/C18H13Cl2N3O2/c19-13-6-14(20)8-16(7-13)23-10-12(5-17(23)24)18(25)22-15-3-1-2-11(4-15)9-21/h1-4,6-8,12H,5,10H2,(H,22,25). The quantitative estimate of drug-likeness (QED) is 0.887. The van der Waals surface area contributed by atoms with Crippen molar-refractivity contribution in [3.05, 3.63) is 58.1 Å². The third-order valence-corrected chi connectivity index (χ3v) is 4.35. The largest absolute Gasteiger partial charge is 0.326 e. The van der Waals surface area contributed by atoms with Gasteiger partial charge in [-0.2, -0.15) is 5.26 Å². The number of carbonyl (C=O) groups is 2. The van der Waals surface area contributed by atoms with Crippen molar-refractivity contribution in [3.8, 4) is 6.07 Å². The Bertz CT molecular complexity index is 872. The van der Waals surface area contributed by atoms with Crippen LogP contribution in [0.3, 0.4) is 0 Å². The Kier molecular flexibility index (Phi) is 4.93. The number of hydrogen-bond donors (Lipinski definition) is 1. The van der Waals surface area contributed by atoms with E-state index in [0.717, 1.165) is 0 Å². The molecule has 25 heavy (non-hydrogen) atoms. The fourth-order valence-electron chi connectivity index (χ4n) is 2.74. The van der Waals surface area contributed by atoms with Crippen LogP contribution in [0.1, 0.15) is 12.0 Å². The van der Waals surface area contributed by atoms with Gasteiger partial charge in [0.2, 0.25) is 11.8 Å². The van der Waals surface area contributed by atoms with Gasteiger partial charge in [0.05, 0.1) is 17.6 Å². The average molecular weight is 374 g/mol. The van der Waals surface area contributed by atoms with Gasteiger partial charge in [0.25, 0.3) is 0 Å². The van der Waals surface area contributed by atoms with Gasteiger partial charge in [-0.1, -0.05) is 29.3 Å². The lowest BCUT2D eigenvalue weighted by Gasteiger charge is -2.17. The second-order valence-corrected chi connectivity index (χ2v) is 6.59. The summed E-state index contributed by atoms with van der Waals surface area (Å²) >= 11 is 12.0. The maximum Gasteiger partial charge on any atom is 0.229 e. The highest BCUT2D eigenvalue weighted by Crippen LogP contribution is 2.30. The van der Waals surface area contributed by atoms with Gasteiger partial charge in [-0.25, -0.2) is 0 Å². The first kappa shape index (κ1) is 17.3. The van der Waals surface area contributed by atoms with Gasteiger partial charge >= 0.3 is 0 Å². The normalized spacial score (nSPS) is 16.6. The molecular weight excluding hydrogens is 361 g/mol. The van der Waals surface area contributed by atoms with Gasteiger partial charge in [-0.05, 0) is 36.4 Å². The first-order valence-electron chi connectivity index (χ1n) is 7.54. The van der Waals surface area contributed by atoms with Gasteiger partial charge < -0.3 is 10.2 Å². The molecule has 1 heterocycles. The molecule has 1 aliphatic rings. The number of anilines is 2. The van der Waals surface area contributed by atoms with E-state index < -0.39 is 5.92 Å². The highest BCUT2D eigenvalue weighted by Gasteiger charge is 2.35. The summed E-state index contributed by atoms with van der Waals surface area (Å²) in [5.74, 6) is -0.917. The van der Waals surface area contributed by atoms with E-state index in [4.69, 9.17) is 28.5 Å². The number of benzene rings is 2. The smallest absolute Gasteiger partial charge is 0.229 e. The lowest BCUT2D eigenvalue weighted by atomic mass is 10.1. The van der Waals surface area contributed by atoms with Crippen LogP contribution in [0, 0.1) is 17.2 Å². The molecule has 1 unspecified atom stereocenters. The summed E-state index contributed by atoms with van der Waals surface area (Å²) in [6.45, 7) is 0.249. The number of hydrogen-bond acceptors (Lipinski definition) is 3.